The maximum Gasteiger partial charge on any atom is 0.259 e. The molecule has 7 heteroatoms. The molecule has 0 radical (unpaired) electrons. The predicted molar refractivity (Wildman–Crippen MR) is 111 cm³/mol. The molecule has 2 aromatic heterocycles. The fraction of sp³-hybridized carbons (Fsp3) is 0.250. The normalized spacial score (nSPS) is 11.9. The number of hydrogen-bond donors (Lipinski definition) is 0. The van der Waals surface area contributed by atoms with Crippen LogP contribution in [0.4, 0.5) is 10.1 Å². The van der Waals surface area contributed by atoms with Gasteiger partial charge in [0.15, 0.2) is 4.96 Å². The van der Waals surface area contributed by atoms with Gasteiger partial charge in [0.05, 0.1) is 17.9 Å². The summed E-state index contributed by atoms with van der Waals surface area (Å²) < 4.78 is 14.8. The molecule has 0 spiro atoms. The zero-order chi connectivity index (χ0) is 19.4. The third-order valence-electron chi connectivity index (χ3n) is 4.20. The van der Waals surface area contributed by atoms with Crippen LogP contribution in [-0.2, 0) is 6.54 Å². The Balaban J connectivity index is 1.96. The second kappa shape index (κ2) is 8.26. The number of aromatic nitrogens is 2. The fourth-order valence-electron chi connectivity index (χ4n) is 2.87. The van der Waals surface area contributed by atoms with Crippen LogP contribution in [0.25, 0.3) is 11.0 Å². The third kappa shape index (κ3) is 4.14. The van der Waals surface area contributed by atoms with Gasteiger partial charge in [-0.25, -0.2) is 9.37 Å². The van der Waals surface area contributed by atoms with Gasteiger partial charge < -0.3 is 4.90 Å². The lowest BCUT2D eigenvalue weighted by atomic mass is 10.2. The van der Waals surface area contributed by atoms with Crippen LogP contribution in [0, 0.1) is 12.7 Å². The second-order valence-corrected chi connectivity index (χ2v) is 7.19. The van der Waals surface area contributed by atoms with Crippen molar-refractivity contribution in [2.24, 2.45) is 4.99 Å². The van der Waals surface area contributed by atoms with E-state index in [9.17, 15) is 9.18 Å². The first-order valence-electron chi connectivity index (χ1n) is 8.65. The van der Waals surface area contributed by atoms with Crippen molar-refractivity contribution >= 4 is 34.3 Å². The lowest BCUT2D eigenvalue weighted by Crippen LogP contribution is -2.24. The summed E-state index contributed by atoms with van der Waals surface area (Å²) in [5, 5.41) is 0. The summed E-state index contributed by atoms with van der Waals surface area (Å²) in [6.07, 6.45) is 5.35. The van der Waals surface area contributed by atoms with E-state index in [1.165, 1.54) is 23.5 Å². The summed E-state index contributed by atoms with van der Waals surface area (Å²) in [6, 6.07) is 7.90. The van der Waals surface area contributed by atoms with Crippen molar-refractivity contribution < 1.29 is 4.39 Å². The predicted octanol–water partition coefficient (Wildman–Crippen LogP) is 3.94. The maximum absolute atomic E-state index is 13.2. The number of benzene rings is 1. The number of aliphatic imine (C=N–C) groups is 1. The molecule has 2 heterocycles. The Hall–Kier alpha value is -2.80. The number of fused-ring (bicyclic) bond motifs is 1. The zero-order valence-electron chi connectivity index (χ0n) is 15.5. The van der Waals surface area contributed by atoms with Crippen LogP contribution in [-0.4, -0.2) is 29.2 Å². The number of anilines is 1. The van der Waals surface area contributed by atoms with E-state index in [4.69, 9.17) is 0 Å². The van der Waals surface area contributed by atoms with Crippen molar-refractivity contribution in [3.8, 4) is 0 Å². The molecule has 0 atom stereocenters. The number of aryl methyl sites for hydroxylation is 1. The first-order valence-corrected chi connectivity index (χ1v) is 9.46. The molecule has 0 bridgehead atoms. The third-order valence-corrected chi connectivity index (χ3v) is 5.17. The largest absolute Gasteiger partial charge is 0.366 e. The van der Waals surface area contributed by atoms with E-state index in [2.05, 4.69) is 14.9 Å². The quantitative estimate of drug-likeness (QED) is 0.605. The average molecular weight is 384 g/mol. The average Bonchev–Trinajstić information content (AvgIpc) is 2.96. The molecular weight excluding hydrogens is 363 g/mol. The van der Waals surface area contributed by atoms with Crippen molar-refractivity contribution in [3.63, 3.8) is 0 Å². The SMILES string of the molecule is CCN(Cc1cc(=O)n2c(/C=C/C=NC)c(C)sc2n1)c1ccc(F)cc1. The molecule has 27 heavy (non-hydrogen) atoms. The molecule has 0 N–H and O–H groups in total. The molecule has 5 nitrogen and oxygen atoms in total. The molecule has 0 aliphatic rings. The highest BCUT2D eigenvalue weighted by molar-refractivity contribution is 7.17. The van der Waals surface area contributed by atoms with Crippen molar-refractivity contribution in [1.82, 2.24) is 9.38 Å². The Bertz CT molecular complexity index is 1050. The van der Waals surface area contributed by atoms with E-state index in [1.54, 1.807) is 35.9 Å². The molecule has 1 aromatic carbocycles. The topological polar surface area (TPSA) is 50.0 Å². The summed E-state index contributed by atoms with van der Waals surface area (Å²) in [4.78, 5) is 25.0. The van der Waals surface area contributed by atoms with E-state index in [-0.39, 0.29) is 11.4 Å². The molecule has 0 amide bonds. The number of nitrogens with zero attached hydrogens (tertiary/aromatic N) is 4. The van der Waals surface area contributed by atoms with Gasteiger partial charge in [-0.05, 0) is 50.3 Å². The minimum atomic E-state index is -0.268. The van der Waals surface area contributed by atoms with Gasteiger partial charge in [0, 0.05) is 36.4 Å². The van der Waals surface area contributed by atoms with Crippen LogP contribution in [0.5, 0.6) is 0 Å². The van der Waals surface area contributed by atoms with Crippen molar-refractivity contribution in [2.75, 3.05) is 18.5 Å². The van der Waals surface area contributed by atoms with E-state index in [0.29, 0.717) is 17.2 Å². The van der Waals surface area contributed by atoms with Crippen LogP contribution >= 0.6 is 11.3 Å². The molecule has 3 rings (SSSR count). The van der Waals surface area contributed by atoms with Crippen LogP contribution < -0.4 is 10.5 Å². The first kappa shape index (κ1) is 19.0. The number of thiazole rings is 1. The molecular formula is C20H21FN4OS. The summed E-state index contributed by atoms with van der Waals surface area (Å²) >= 11 is 1.49. The van der Waals surface area contributed by atoms with Gasteiger partial charge in [-0.3, -0.25) is 14.2 Å². The van der Waals surface area contributed by atoms with Crippen LogP contribution in [0.15, 0.2) is 46.2 Å². The molecule has 0 fully saturated rings. The van der Waals surface area contributed by atoms with E-state index >= 15 is 0 Å². The van der Waals surface area contributed by atoms with E-state index in [0.717, 1.165) is 22.8 Å². The molecule has 0 aliphatic carbocycles. The lowest BCUT2D eigenvalue weighted by molar-refractivity contribution is 0.627. The van der Waals surface area contributed by atoms with Crippen LogP contribution in [0.3, 0.4) is 0 Å². The minimum absolute atomic E-state index is 0.109. The minimum Gasteiger partial charge on any atom is -0.366 e. The highest BCUT2D eigenvalue weighted by atomic mass is 32.1. The molecule has 0 saturated heterocycles. The summed E-state index contributed by atoms with van der Waals surface area (Å²) in [7, 11) is 1.70. The molecule has 0 saturated carbocycles. The summed E-state index contributed by atoms with van der Waals surface area (Å²) in [5.41, 5.74) is 2.30. The van der Waals surface area contributed by atoms with Gasteiger partial charge in [-0.15, -0.1) is 11.3 Å². The molecule has 0 aliphatic heterocycles. The molecule has 140 valence electrons. The smallest absolute Gasteiger partial charge is 0.259 e. The van der Waals surface area contributed by atoms with E-state index < -0.39 is 0 Å². The standard InChI is InChI=1S/C20H21FN4OS/c1-4-24(17-9-7-15(21)8-10-17)13-16-12-19(26)25-18(6-5-11-22-3)14(2)27-20(25)23-16/h5-12H,4,13H2,1-3H3/b6-5+,22-11?. The van der Waals surface area contributed by atoms with Gasteiger partial charge in [-0.1, -0.05) is 0 Å². The Morgan fingerprint density at radius 1 is 1.33 bits per heavy atom. The molecule has 0 unspecified atom stereocenters. The van der Waals surface area contributed by atoms with Gasteiger partial charge >= 0.3 is 0 Å². The van der Waals surface area contributed by atoms with Crippen molar-refractivity contribution in [1.29, 1.82) is 0 Å². The molecule has 3 aromatic rings. The number of allylic oxidation sites excluding steroid dienone is 1. The highest BCUT2D eigenvalue weighted by Crippen LogP contribution is 2.22. The fourth-order valence-corrected chi connectivity index (χ4v) is 3.85. The van der Waals surface area contributed by atoms with Gasteiger partial charge in [0.2, 0.25) is 0 Å². The number of halogens is 1. The Kier molecular flexibility index (Phi) is 5.81. The van der Waals surface area contributed by atoms with Gasteiger partial charge in [0.25, 0.3) is 5.56 Å². The summed E-state index contributed by atoms with van der Waals surface area (Å²) in [6.45, 7) is 5.19. The van der Waals surface area contributed by atoms with Gasteiger partial charge in [-0.2, -0.15) is 0 Å². The van der Waals surface area contributed by atoms with E-state index in [1.807, 2.05) is 26.0 Å². The Morgan fingerprint density at radius 2 is 2.07 bits per heavy atom. The summed E-state index contributed by atoms with van der Waals surface area (Å²) in [5.74, 6) is -0.268. The van der Waals surface area contributed by atoms with Gasteiger partial charge in [0.1, 0.15) is 5.82 Å². The Labute approximate surface area is 161 Å². The second-order valence-electron chi connectivity index (χ2n) is 6.00. The number of rotatable bonds is 6. The first-order chi connectivity index (χ1) is 13.0. The number of hydrogen-bond acceptors (Lipinski definition) is 5. The lowest BCUT2D eigenvalue weighted by Gasteiger charge is -2.22. The van der Waals surface area contributed by atoms with Crippen LogP contribution in [0.2, 0.25) is 0 Å². The zero-order valence-corrected chi connectivity index (χ0v) is 16.3. The monoisotopic (exact) mass is 384 g/mol. The van der Waals surface area contributed by atoms with Crippen molar-refractivity contribution in [3.05, 3.63) is 68.8 Å². The maximum atomic E-state index is 13.2. The Morgan fingerprint density at radius 3 is 2.74 bits per heavy atom. The van der Waals surface area contributed by atoms with Crippen LogP contribution in [0.1, 0.15) is 23.2 Å². The van der Waals surface area contributed by atoms with Crippen molar-refractivity contribution in [2.45, 2.75) is 20.4 Å². The highest BCUT2D eigenvalue weighted by Gasteiger charge is 2.13.